The van der Waals surface area contributed by atoms with Crippen LogP contribution in [0.15, 0.2) is 60.8 Å². The second kappa shape index (κ2) is 54.4. The monoisotopic (exact) mass is 1030 g/mol. The summed E-state index contributed by atoms with van der Waals surface area (Å²) in [4.78, 5) is 48.5. The number of hydrogen-bond donors (Lipinski definition) is 2. The van der Waals surface area contributed by atoms with Gasteiger partial charge in [-0.05, 0) is 109 Å². The van der Waals surface area contributed by atoms with Crippen molar-refractivity contribution in [1.29, 1.82) is 0 Å². The first-order valence-corrected chi connectivity index (χ1v) is 30.7. The van der Waals surface area contributed by atoms with Crippen molar-refractivity contribution in [3.63, 3.8) is 0 Å². The summed E-state index contributed by atoms with van der Waals surface area (Å²) in [5.41, 5.74) is 0. The average molecular weight is 1040 g/mol. The van der Waals surface area contributed by atoms with Gasteiger partial charge in [0.2, 0.25) is 0 Å². The van der Waals surface area contributed by atoms with Crippen LogP contribution >= 0.6 is 7.82 Å². The maximum Gasteiger partial charge on any atom is 0.472 e. The number of rotatable bonds is 54. The molecule has 0 bridgehead atoms. The van der Waals surface area contributed by atoms with E-state index in [4.69, 9.17) is 23.3 Å². The third-order valence-electron chi connectivity index (χ3n) is 12.4. The molecule has 12 heteroatoms. The molecule has 0 aliphatic rings. The maximum absolute atomic E-state index is 12.9. The normalized spacial score (nSPS) is 13.8. The van der Waals surface area contributed by atoms with Crippen LogP contribution in [0, 0.1) is 0 Å². The van der Waals surface area contributed by atoms with Gasteiger partial charge in [0.1, 0.15) is 12.7 Å². The van der Waals surface area contributed by atoms with Crippen molar-refractivity contribution in [2.45, 2.75) is 277 Å². The number of allylic oxidation sites excluding steroid dienone is 10. The summed E-state index contributed by atoms with van der Waals surface area (Å²) in [6.45, 7) is 4.56. The van der Waals surface area contributed by atoms with E-state index in [1.807, 2.05) is 0 Å². The maximum atomic E-state index is 12.9. The fraction of sp³-hybridized carbons (Fsp3) is 0.783. The van der Waals surface area contributed by atoms with Crippen LogP contribution in [0.2, 0.25) is 0 Å². The molecule has 3 unspecified atom stereocenters. The second-order valence-electron chi connectivity index (χ2n) is 19.4. The van der Waals surface area contributed by atoms with Crippen molar-refractivity contribution in [3.05, 3.63) is 60.8 Å². The molecule has 418 valence electrons. The number of ether oxygens (including phenoxy) is 3. The Hall–Kier alpha value is -2.82. The zero-order chi connectivity index (χ0) is 52.7. The van der Waals surface area contributed by atoms with Crippen LogP contribution in [-0.4, -0.2) is 66.5 Å². The standard InChI is InChI=1S/C60H107O11P/c1-4-7-10-13-16-19-22-25-27-28-30-32-34-37-40-43-46-49-58(62)67-53-57(71-60(64)51-48-45-42-39-36-33-29-26-23-20-17-14-11-8-5-2)55-69-72(65,66)68-54-56(52-61)70-59(63)50-47-44-41-38-35-31-24-21-18-15-12-9-6-3/h16-17,19-21,24-27,29,56-57,61H,4-15,18,22-23,28,30-55H2,1-3H3,(H,65,66)/b19-16-,20-17-,24-21-,27-25-,29-26-. The van der Waals surface area contributed by atoms with E-state index >= 15 is 0 Å². The van der Waals surface area contributed by atoms with E-state index in [0.29, 0.717) is 19.3 Å². The van der Waals surface area contributed by atoms with Gasteiger partial charge < -0.3 is 24.2 Å². The first-order valence-electron chi connectivity index (χ1n) is 29.2. The topological polar surface area (TPSA) is 155 Å². The minimum Gasteiger partial charge on any atom is -0.462 e. The summed E-state index contributed by atoms with van der Waals surface area (Å²) in [6.07, 6.45) is 58.8. The number of hydrogen-bond acceptors (Lipinski definition) is 10. The zero-order valence-electron chi connectivity index (χ0n) is 46.1. The van der Waals surface area contributed by atoms with Gasteiger partial charge in [-0.3, -0.25) is 23.4 Å². The zero-order valence-corrected chi connectivity index (χ0v) is 47.0. The lowest BCUT2D eigenvalue weighted by Crippen LogP contribution is -2.30. The Morgan fingerprint density at radius 1 is 0.389 bits per heavy atom. The smallest absolute Gasteiger partial charge is 0.462 e. The lowest BCUT2D eigenvalue weighted by molar-refractivity contribution is -0.161. The van der Waals surface area contributed by atoms with Gasteiger partial charge in [-0.15, -0.1) is 0 Å². The van der Waals surface area contributed by atoms with E-state index in [2.05, 4.69) is 81.5 Å². The van der Waals surface area contributed by atoms with Gasteiger partial charge in [0.15, 0.2) is 6.10 Å². The molecule has 0 fully saturated rings. The van der Waals surface area contributed by atoms with E-state index in [9.17, 15) is 28.9 Å². The Bertz CT molecular complexity index is 1440. The molecule has 0 heterocycles. The quantitative estimate of drug-likeness (QED) is 0.0197. The van der Waals surface area contributed by atoms with Crippen LogP contribution in [0.4, 0.5) is 0 Å². The Kier molecular flexibility index (Phi) is 52.3. The van der Waals surface area contributed by atoms with E-state index in [1.54, 1.807) is 0 Å². The molecule has 3 atom stereocenters. The highest BCUT2D eigenvalue weighted by atomic mass is 31.2. The van der Waals surface area contributed by atoms with Crippen LogP contribution < -0.4 is 0 Å². The molecule has 0 saturated carbocycles. The molecule has 0 aromatic heterocycles. The highest BCUT2D eigenvalue weighted by Gasteiger charge is 2.28. The lowest BCUT2D eigenvalue weighted by Gasteiger charge is -2.21. The van der Waals surface area contributed by atoms with Gasteiger partial charge in [0, 0.05) is 19.3 Å². The first-order chi connectivity index (χ1) is 35.2. The van der Waals surface area contributed by atoms with Crippen molar-refractivity contribution in [3.8, 4) is 0 Å². The van der Waals surface area contributed by atoms with Crippen molar-refractivity contribution in [2.24, 2.45) is 0 Å². The van der Waals surface area contributed by atoms with Crippen LogP contribution in [0.3, 0.4) is 0 Å². The highest BCUT2D eigenvalue weighted by molar-refractivity contribution is 7.47. The van der Waals surface area contributed by atoms with Gasteiger partial charge in [0.05, 0.1) is 19.8 Å². The molecule has 11 nitrogen and oxygen atoms in total. The van der Waals surface area contributed by atoms with Crippen molar-refractivity contribution in [2.75, 3.05) is 26.4 Å². The van der Waals surface area contributed by atoms with Crippen LogP contribution in [-0.2, 0) is 42.2 Å². The Labute approximate surface area is 440 Å². The lowest BCUT2D eigenvalue weighted by atomic mass is 10.1. The molecule has 0 aromatic carbocycles. The summed E-state index contributed by atoms with van der Waals surface area (Å²) in [5.74, 6) is -1.49. The van der Waals surface area contributed by atoms with Crippen LogP contribution in [0.5, 0.6) is 0 Å². The largest absolute Gasteiger partial charge is 0.472 e. The Morgan fingerprint density at radius 2 is 0.681 bits per heavy atom. The predicted octanol–water partition coefficient (Wildman–Crippen LogP) is 17.1. The Morgan fingerprint density at radius 3 is 1.07 bits per heavy atom. The molecular weight excluding hydrogens is 928 g/mol. The molecule has 0 aliphatic heterocycles. The van der Waals surface area contributed by atoms with Crippen molar-refractivity contribution >= 4 is 25.7 Å². The summed E-state index contributed by atoms with van der Waals surface area (Å²) >= 11 is 0. The number of aliphatic hydroxyl groups excluding tert-OH is 1. The molecule has 2 N–H and O–H groups in total. The average Bonchev–Trinajstić information content (AvgIpc) is 3.37. The fourth-order valence-corrected chi connectivity index (χ4v) is 8.67. The third kappa shape index (κ3) is 52.1. The minimum atomic E-state index is -4.75. The molecular formula is C60H107O11P. The summed E-state index contributed by atoms with van der Waals surface area (Å²) in [6, 6.07) is 0. The number of aliphatic hydroxyl groups is 1. The fourth-order valence-electron chi connectivity index (χ4n) is 7.88. The number of phosphoric ester groups is 1. The van der Waals surface area contributed by atoms with Crippen LogP contribution in [0.1, 0.15) is 265 Å². The molecule has 0 amide bonds. The van der Waals surface area contributed by atoms with Crippen molar-refractivity contribution in [1.82, 2.24) is 0 Å². The molecule has 0 radical (unpaired) electrons. The molecule has 0 spiro atoms. The number of carbonyl (C=O) groups is 3. The molecule has 0 aliphatic carbocycles. The number of carbonyl (C=O) groups excluding carboxylic acids is 3. The Balaban J connectivity index is 4.75. The van der Waals surface area contributed by atoms with E-state index in [1.165, 1.54) is 89.9 Å². The first kappa shape index (κ1) is 69.2. The number of esters is 3. The van der Waals surface area contributed by atoms with Crippen molar-refractivity contribution < 1.29 is 52.2 Å². The van der Waals surface area contributed by atoms with Crippen LogP contribution in [0.25, 0.3) is 0 Å². The van der Waals surface area contributed by atoms with Gasteiger partial charge in [-0.1, -0.05) is 197 Å². The number of unbranched alkanes of at least 4 members (excludes halogenated alkanes) is 27. The molecule has 0 rings (SSSR count). The van der Waals surface area contributed by atoms with Gasteiger partial charge in [0.25, 0.3) is 0 Å². The predicted molar refractivity (Wildman–Crippen MR) is 298 cm³/mol. The third-order valence-corrected chi connectivity index (χ3v) is 13.3. The second-order valence-corrected chi connectivity index (χ2v) is 20.9. The minimum absolute atomic E-state index is 0.149. The van der Waals surface area contributed by atoms with Gasteiger partial charge in [-0.25, -0.2) is 4.57 Å². The van der Waals surface area contributed by atoms with Gasteiger partial charge >= 0.3 is 25.7 Å². The van der Waals surface area contributed by atoms with E-state index in [-0.39, 0.29) is 25.9 Å². The molecule has 72 heavy (non-hydrogen) atoms. The van der Waals surface area contributed by atoms with Gasteiger partial charge in [-0.2, -0.15) is 0 Å². The summed E-state index contributed by atoms with van der Waals surface area (Å²) < 4.78 is 39.5. The molecule has 0 saturated heterocycles. The SMILES string of the molecule is CCCCC/C=C\C/C=C\CCCCCCCCCC(=O)OCC(COP(=O)(O)OCC(CO)OC(=O)CCCCCCC/C=C\CCCCCC)OC(=O)CCCCCCC/C=C\C/C=C\CCCCC. The number of phosphoric acid groups is 1. The summed E-state index contributed by atoms with van der Waals surface area (Å²) in [5, 5.41) is 9.80. The van der Waals surface area contributed by atoms with E-state index in [0.717, 1.165) is 116 Å². The summed E-state index contributed by atoms with van der Waals surface area (Å²) in [7, 11) is -4.75. The highest BCUT2D eigenvalue weighted by Crippen LogP contribution is 2.43. The van der Waals surface area contributed by atoms with E-state index < -0.39 is 57.8 Å². The molecule has 0 aromatic rings.